The SMILES string of the molecule is CN1C(=O)COc2c(C(=O)N3CCc4ccccc43)cccc21. The monoisotopic (exact) mass is 308 g/mol. The molecule has 0 aromatic heterocycles. The number of carbonyl (C=O) groups excluding carboxylic acids is 2. The Balaban J connectivity index is 1.75. The predicted octanol–water partition coefficient (Wildman–Crippen LogP) is 2.24. The molecule has 2 heterocycles. The second kappa shape index (κ2) is 5.12. The summed E-state index contributed by atoms with van der Waals surface area (Å²) in [6, 6.07) is 13.3. The van der Waals surface area contributed by atoms with Gasteiger partial charge in [0, 0.05) is 19.3 Å². The van der Waals surface area contributed by atoms with E-state index < -0.39 is 0 Å². The molecule has 116 valence electrons. The molecule has 5 nitrogen and oxygen atoms in total. The Bertz CT molecular complexity index is 816. The van der Waals surface area contributed by atoms with Crippen LogP contribution in [-0.2, 0) is 11.2 Å². The second-order valence-electron chi connectivity index (χ2n) is 5.73. The average molecular weight is 308 g/mol. The molecule has 0 aliphatic carbocycles. The Morgan fingerprint density at radius 2 is 1.87 bits per heavy atom. The maximum Gasteiger partial charge on any atom is 0.264 e. The summed E-state index contributed by atoms with van der Waals surface area (Å²) in [5.74, 6) is 0.284. The van der Waals surface area contributed by atoms with Crippen LogP contribution in [0.4, 0.5) is 11.4 Å². The van der Waals surface area contributed by atoms with Crippen molar-refractivity contribution in [2.24, 2.45) is 0 Å². The lowest BCUT2D eigenvalue weighted by atomic mass is 10.1. The third kappa shape index (κ3) is 2.08. The number of hydrogen-bond donors (Lipinski definition) is 0. The highest BCUT2D eigenvalue weighted by Crippen LogP contribution is 2.37. The molecule has 23 heavy (non-hydrogen) atoms. The molecule has 2 aliphatic rings. The summed E-state index contributed by atoms with van der Waals surface area (Å²) in [7, 11) is 1.70. The van der Waals surface area contributed by atoms with Gasteiger partial charge in [-0.3, -0.25) is 9.59 Å². The largest absolute Gasteiger partial charge is 0.481 e. The summed E-state index contributed by atoms with van der Waals surface area (Å²) in [6.07, 6.45) is 0.857. The molecule has 0 bridgehead atoms. The molecular formula is C18H16N2O3. The van der Waals surface area contributed by atoms with Gasteiger partial charge in [0.15, 0.2) is 12.4 Å². The summed E-state index contributed by atoms with van der Waals surface area (Å²) < 4.78 is 5.57. The van der Waals surface area contributed by atoms with Crippen molar-refractivity contribution >= 4 is 23.2 Å². The maximum absolute atomic E-state index is 13.0. The summed E-state index contributed by atoms with van der Waals surface area (Å²) in [6.45, 7) is 0.626. The lowest BCUT2D eigenvalue weighted by Crippen LogP contribution is -2.37. The van der Waals surface area contributed by atoms with E-state index in [1.165, 1.54) is 10.5 Å². The Hall–Kier alpha value is -2.82. The van der Waals surface area contributed by atoms with Gasteiger partial charge >= 0.3 is 0 Å². The van der Waals surface area contributed by atoms with Gasteiger partial charge in [-0.15, -0.1) is 0 Å². The van der Waals surface area contributed by atoms with Crippen LogP contribution in [0.5, 0.6) is 5.75 Å². The quantitative estimate of drug-likeness (QED) is 0.812. The van der Waals surface area contributed by atoms with Crippen molar-refractivity contribution in [3.8, 4) is 5.75 Å². The van der Waals surface area contributed by atoms with Crippen molar-refractivity contribution in [2.45, 2.75) is 6.42 Å². The van der Waals surface area contributed by atoms with E-state index in [1.54, 1.807) is 30.1 Å². The standard InChI is InChI=1S/C18H16N2O3/c1-19-15-8-4-6-13(17(15)23-11-16(19)21)18(22)20-10-9-12-5-2-3-7-14(12)20/h2-8H,9-11H2,1H3. The molecule has 2 aliphatic heterocycles. The number of fused-ring (bicyclic) bond motifs is 2. The lowest BCUT2D eigenvalue weighted by Gasteiger charge is -2.28. The van der Waals surface area contributed by atoms with Gasteiger partial charge in [0.1, 0.15) is 0 Å². The van der Waals surface area contributed by atoms with E-state index in [1.807, 2.05) is 24.3 Å². The van der Waals surface area contributed by atoms with Crippen LogP contribution in [0.25, 0.3) is 0 Å². The van der Waals surface area contributed by atoms with Gasteiger partial charge in [-0.2, -0.15) is 0 Å². The van der Waals surface area contributed by atoms with E-state index >= 15 is 0 Å². The van der Waals surface area contributed by atoms with Crippen molar-refractivity contribution in [3.63, 3.8) is 0 Å². The molecule has 2 amide bonds. The maximum atomic E-state index is 13.0. The fourth-order valence-electron chi connectivity index (χ4n) is 3.17. The minimum Gasteiger partial charge on any atom is -0.481 e. The van der Waals surface area contributed by atoms with E-state index in [0.717, 1.165) is 12.1 Å². The van der Waals surface area contributed by atoms with Gasteiger partial charge in [0.05, 0.1) is 11.3 Å². The molecular weight excluding hydrogens is 292 g/mol. The highest BCUT2D eigenvalue weighted by Gasteiger charge is 2.31. The molecule has 0 radical (unpaired) electrons. The van der Waals surface area contributed by atoms with Crippen LogP contribution in [-0.4, -0.2) is 32.0 Å². The number of amides is 2. The van der Waals surface area contributed by atoms with Gasteiger partial charge in [-0.25, -0.2) is 0 Å². The van der Waals surface area contributed by atoms with E-state index in [2.05, 4.69) is 0 Å². The van der Waals surface area contributed by atoms with Crippen molar-refractivity contribution < 1.29 is 14.3 Å². The first-order valence-corrected chi connectivity index (χ1v) is 7.59. The highest BCUT2D eigenvalue weighted by atomic mass is 16.5. The smallest absolute Gasteiger partial charge is 0.264 e. The Labute approximate surface area is 134 Å². The van der Waals surface area contributed by atoms with Crippen LogP contribution in [0.15, 0.2) is 42.5 Å². The first-order valence-electron chi connectivity index (χ1n) is 7.59. The Morgan fingerprint density at radius 3 is 2.74 bits per heavy atom. The third-order valence-electron chi connectivity index (χ3n) is 4.43. The van der Waals surface area contributed by atoms with E-state index in [4.69, 9.17) is 4.74 Å². The zero-order chi connectivity index (χ0) is 16.0. The zero-order valence-corrected chi connectivity index (χ0v) is 12.8. The van der Waals surface area contributed by atoms with Crippen LogP contribution in [0.3, 0.4) is 0 Å². The molecule has 0 saturated carbocycles. The average Bonchev–Trinajstić information content (AvgIpc) is 3.01. The van der Waals surface area contributed by atoms with E-state index in [0.29, 0.717) is 23.5 Å². The van der Waals surface area contributed by atoms with Gasteiger partial charge in [0.2, 0.25) is 0 Å². The second-order valence-corrected chi connectivity index (χ2v) is 5.73. The molecule has 0 unspecified atom stereocenters. The molecule has 0 fully saturated rings. The number of para-hydroxylation sites is 2. The molecule has 4 rings (SSSR count). The number of nitrogens with zero attached hydrogens (tertiary/aromatic N) is 2. The van der Waals surface area contributed by atoms with Crippen molar-refractivity contribution in [3.05, 3.63) is 53.6 Å². The topological polar surface area (TPSA) is 49.9 Å². The number of hydrogen-bond acceptors (Lipinski definition) is 3. The third-order valence-corrected chi connectivity index (χ3v) is 4.43. The first-order chi connectivity index (χ1) is 11.2. The molecule has 2 aromatic rings. The Morgan fingerprint density at radius 1 is 1.09 bits per heavy atom. The van der Waals surface area contributed by atoms with Gasteiger partial charge in [-0.1, -0.05) is 24.3 Å². The normalized spacial score (nSPS) is 16.0. The predicted molar refractivity (Wildman–Crippen MR) is 87.2 cm³/mol. The number of rotatable bonds is 1. The fraction of sp³-hybridized carbons (Fsp3) is 0.222. The summed E-state index contributed by atoms with van der Waals surface area (Å²) >= 11 is 0. The fourth-order valence-corrected chi connectivity index (χ4v) is 3.17. The minimum absolute atomic E-state index is 0.0373. The molecule has 0 atom stereocenters. The zero-order valence-electron chi connectivity index (χ0n) is 12.8. The van der Waals surface area contributed by atoms with Crippen LogP contribution in [0.2, 0.25) is 0 Å². The van der Waals surface area contributed by atoms with Crippen LogP contribution in [0.1, 0.15) is 15.9 Å². The number of benzene rings is 2. The minimum atomic E-state index is -0.117. The van der Waals surface area contributed by atoms with Gasteiger partial charge in [0.25, 0.3) is 11.8 Å². The van der Waals surface area contributed by atoms with E-state index in [-0.39, 0.29) is 18.4 Å². The van der Waals surface area contributed by atoms with Gasteiger partial charge in [-0.05, 0) is 30.2 Å². The molecule has 0 spiro atoms. The molecule has 0 saturated heterocycles. The summed E-state index contributed by atoms with van der Waals surface area (Å²) in [4.78, 5) is 28.1. The van der Waals surface area contributed by atoms with Gasteiger partial charge < -0.3 is 14.5 Å². The molecule has 2 aromatic carbocycles. The lowest BCUT2D eigenvalue weighted by molar-refractivity contribution is -0.121. The van der Waals surface area contributed by atoms with Crippen LogP contribution < -0.4 is 14.5 Å². The summed E-state index contributed by atoms with van der Waals surface area (Å²) in [5.41, 5.74) is 3.27. The van der Waals surface area contributed by atoms with Crippen molar-refractivity contribution in [1.82, 2.24) is 0 Å². The summed E-state index contributed by atoms with van der Waals surface area (Å²) in [5, 5.41) is 0. The van der Waals surface area contributed by atoms with E-state index in [9.17, 15) is 9.59 Å². The van der Waals surface area contributed by atoms with Crippen LogP contribution in [0, 0.1) is 0 Å². The van der Waals surface area contributed by atoms with Crippen molar-refractivity contribution in [2.75, 3.05) is 30.0 Å². The van der Waals surface area contributed by atoms with Crippen LogP contribution >= 0.6 is 0 Å². The number of ether oxygens (including phenoxy) is 1. The number of likely N-dealkylation sites (N-methyl/N-ethyl adjacent to an activating group) is 1. The highest BCUT2D eigenvalue weighted by molar-refractivity contribution is 6.11. The molecule has 5 heteroatoms. The first kappa shape index (κ1) is 13.8. The molecule has 0 N–H and O–H groups in total. The Kier molecular flexibility index (Phi) is 3.08. The number of carbonyl (C=O) groups is 2. The van der Waals surface area contributed by atoms with Crippen molar-refractivity contribution in [1.29, 1.82) is 0 Å². The number of anilines is 2.